The second-order valence-electron chi connectivity index (χ2n) is 4.09. The first kappa shape index (κ1) is 17.8. The topological polar surface area (TPSA) is 95.7 Å². The summed E-state index contributed by atoms with van der Waals surface area (Å²) in [5, 5.41) is 11.3. The Morgan fingerprint density at radius 3 is 2.55 bits per heavy atom. The molecule has 0 spiro atoms. The van der Waals surface area contributed by atoms with Crippen molar-refractivity contribution in [3.63, 3.8) is 0 Å². The predicted molar refractivity (Wildman–Crippen MR) is 81.3 cm³/mol. The third-order valence-electron chi connectivity index (χ3n) is 2.47. The molecule has 1 aromatic carbocycles. The number of esters is 2. The van der Waals surface area contributed by atoms with Crippen LogP contribution >= 0.6 is 15.9 Å². The standard InChI is InChI=1S/C14H14BrNO6/c1-3-21-14(18)13(22-9(2)17)12(16(19)20)8-10-6-4-5-7-11(10)15/h4-8,13H,3H2,1-2H3/b12-8+. The van der Waals surface area contributed by atoms with Crippen molar-refractivity contribution in [3.05, 3.63) is 50.1 Å². The summed E-state index contributed by atoms with van der Waals surface area (Å²) in [6, 6.07) is 6.72. The molecule has 8 heteroatoms. The van der Waals surface area contributed by atoms with Gasteiger partial charge in [-0.1, -0.05) is 34.1 Å². The molecule has 0 amide bonds. The minimum atomic E-state index is -1.72. The molecule has 118 valence electrons. The van der Waals surface area contributed by atoms with E-state index < -0.39 is 28.7 Å². The fourth-order valence-electron chi connectivity index (χ4n) is 1.59. The van der Waals surface area contributed by atoms with Crippen LogP contribution in [0.2, 0.25) is 0 Å². The van der Waals surface area contributed by atoms with E-state index in [1.807, 2.05) is 0 Å². The average molecular weight is 372 g/mol. The first-order valence-electron chi connectivity index (χ1n) is 6.31. The van der Waals surface area contributed by atoms with Crippen molar-refractivity contribution in [3.8, 4) is 0 Å². The van der Waals surface area contributed by atoms with Gasteiger partial charge in [0.15, 0.2) is 0 Å². The van der Waals surface area contributed by atoms with Crippen molar-refractivity contribution < 1.29 is 24.0 Å². The second kappa shape index (κ2) is 8.28. The van der Waals surface area contributed by atoms with Gasteiger partial charge < -0.3 is 9.47 Å². The molecule has 0 aliphatic rings. The Hall–Kier alpha value is -2.22. The zero-order valence-electron chi connectivity index (χ0n) is 11.9. The van der Waals surface area contributed by atoms with Gasteiger partial charge in [-0.15, -0.1) is 0 Å². The average Bonchev–Trinajstić information content (AvgIpc) is 2.44. The molecule has 1 atom stereocenters. The SMILES string of the molecule is CCOC(=O)C(OC(C)=O)/C(=C\c1ccccc1Br)[N+](=O)[O-]. The zero-order chi connectivity index (χ0) is 16.7. The highest BCUT2D eigenvalue weighted by Gasteiger charge is 2.36. The number of hydrogen-bond donors (Lipinski definition) is 0. The highest BCUT2D eigenvalue weighted by Crippen LogP contribution is 2.22. The first-order chi connectivity index (χ1) is 10.4. The molecule has 1 unspecified atom stereocenters. The molecule has 0 N–H and O–H groups in total. The predicted octanol–water partition coefficient (Wildman–Crippen LogP) is 2.56. The van der Waals surface area contributed by atoms with Crippen LogP contribution < -0.4 is 0 Å². The maximum Gasteiger partial charge on any atom is 0.358 e. The lowest BCUT2D eigenvalue weighted by Crippen LogP contribution is -2.33. The number of halogens is 1. The lowest BCUT2D eigenvalue weighted by molar-refractivity contribution is -0.432. The van der Waals surface area contributed by atoms with Crippen LogP contribution in [0.4, 0.5) is 0 Å². The van der Waals surface area contributed by atoms with Gasteiger partial charge in [-0.3, -0.25) is 14.9 Å². The summed E-state index contributed by atoms with van der Waals surface area (Å²) in [7, 11) is 0. The van der Waals surface area contributed by atoms with E-state index in [4.69, 9.17) is 9.47 Å². The molecule has 0 aliphatic carbocycles. The van der Waals surface area contributed by atoms with Crippen LogP contribution in [0.1, 0.15) is 19.4 Å². The van der Waals surface area contributed by atoms with Crippen molar-refractivity contribution >= 4 is 33.9 Å². The van der Waals surface area contributed by atoms with Crippen LogP contribution in [0.15, 0.2) is 34.4 Å². The van der Waals surface area contributed by atoms with Crippen LogP contribution in [0, 0.1) is 10.1 Å². The van der Waals surface area contributed by atoms with Gasteiger partial charge in [-0.2, -0.15) is 0 Å². The molecule has 22 heavy (non-hydrogen) atoms. The van der Waals surface area contributed by atoms with Crippen molar-refractivity contribution in [1.29, 1.82) is 0 Å². The molecule has 0 heterocycles. The summed E-state index contributed by atoms with van der Waals surface area (Å²) in [5.74, 6) is -1.81. The van der Waals surface area contributed by atoms with Crippen LogP contribution in [0.5, 0.6) is 0 Å². The zero-order valence-corrected chi connectivity index (χ0v) is 13.5. The Bertz CT molecular complexity index is 613. The molecular weight excluding hydrogens is 358 g/mol. The van der Waals surface area contributed by atoms with Gasteiger partial charge >= 0.3 is 11.9 Å². The molecule has 0 aromatic heterocycles. The van der Waals surface area contributed by atoms with Crippen molar-refractivity contribution in [1.82, 2.24) is 0 Å². The summed E-state index contributed by atoms with van der Waals surface area (Å²) in [6.45, 7) is 2.62. The number of carbonyl (C=O) groups is 2. The number of nitro groups is 1. The van der Waals surface area contributed by atoms with Gasteiger partial charge in [-0.05, 0) is 18.6 Å². The van der Waals surface area contributed by atoms with E-state index in [2.05, 4.69) is 15.9 Å². The summed E-state index contributed by atoms with van der Waals surface area (Å²) < 4.78 is 10.1. The molecule has 1 rings (SSSR count). The Kier molecular flexibility index (Phi) is 6.71. The van der Waals surface area contributed by atoms with Gasteiger partial charge in [0.25, 0.3) is 11.8 Å². The molecular formula is C14H14BrNO6. The summed E-state index contributed by atoms with van der Waals surface area (Å²) in [6.07, 6.45) is -0.561. The summed E-state index contributed by atoms with van der Waals surface area (Å²) in [5.41, 5.74) is -0.115. The van der Waals surface area contributed by atoms with Crippen molar-refractivity contribution in [2.24, 2.45) is 0 Å². The fourth-order valence-corrected chi connectivity index (χ4v) is 1.99. The van der Waals surface area contributed by atoms with Crippen LogP contribution in [-0.2, 0) is 19.1 Å². The number of hydrogen-bond acceptors (Lipinski definition) is 6. The van der Waals surface area contributed by atoms with E-state index in [0.717, 1.165) is 13.0 Å². The summed E-state index contributed by atoms with van der Waals surface area (Å²) in [4.78, 5) is 33.5. The number of carbonyl (C=O) groups excluding carboxylic acids is 2. The molecule has 0 saturated carbocycles. The Morgan fingerprint density at radius 2 is 2.05 bits per heavy atom. The minimum Gasteiger partial charge on any atom is -0.463 e. The molecule has 0 aliphatic heterocycles. The normalized spacial score (nSPS) is 12.4. The maximum absolute atomic E-state index is 11.8. The third-order valence-corrected chi connectivity index (χ3v) is 3.19. The van der Waals surface area contributed by atoms with E-state index in [1.165, 1.54) is 0 Å². The Morgan fingerprint density at radius 1 is 1.41 bits per heavy atom. The number of benzene rings is 1. The maximum atomic E-state index is 11.8. The quantitative estimate of drug-likeness (QED) is 0.433. The van der Waals surface area contributed by atoms with Crippen LogP contribution in [0.3, 0.4) is 0 Å². The number of ether oxygens (including phenoxy) is 2. The molecule has 1 aromatic rings. The van der Waals surface area contributed by atoms with E-state index in [1.54, 1.807) is 31.2 Å². The van der Waals surface area contributed by atoms with E-state index in [9.17, 15) is 19.7 Å². The van der Waals surface area contributed by atoms with Gasteiger partial charge in [0.05, 0.1) is 11.5 Å². The Balaban J connectivity index is 3.29. The molecule has 0 radical (unpaired) electrons. The van der Waals surface area contributed by atoms with E-state index in [0.29, 0.717) is 10.0 Å². The van der Waals surface area contributed by atoms with Gasteiger partial charge in [0.1, 0.15) is 0 Å². The lowest BCUT2D eigenvalue weighted by Gasteiger charge is -2.13. The third kappa shape index (κ3) is 4.96. The van der Waals surface area contributed by atoms with Crippen molar-refractivity contribution in [2.75, 3.05) is 6.61 Å². The van der Waals surface area contributed by atoms with Gasteiger partial charge in [-0.25, -0.2) is 4.79 Å². The number of rotatable bonds is 6. The first-order valence-corrected chi connectivity index (χ1v) is 7.10. The van der Waals surface area contributed by atoms with Crippen LogP contribution in [-0.4, -0.2) is 29.6 Å². The smallest absolute Gasteiger partial charge is 0.358 e. The second-order valence-corrected chi connectivity index (χ2v) is 4.94. The minimum absolute atomic E-state index is 0.0105. The number of nitrogens with zero attached hydrogens (tertiary/aromatic N) is 1. The highest BCUT2D eigenvalue weighted by molar-refractivity contribution is 9.10. The molecule has 7 nitrogen and oxygen atoms in total. The Labute approximate surface area is 135 Å². The highest BCUT2D eigenvalue weighted by atomic mass is 79.9. The van der Waals surface area contributed by atoms with E-state index >= 15 is 0 Å². The fraction of sp³-hybridized carbons (Fsp3) is 0.286. The van der Waals surface area contributed by atoms with Gasteiger partial charge in [0.2, 0.25) is 0 Å². The van der Waals surface area contributed by atoms with E-state index in [-0.39, 0.29) is 6.61 Å². The lowest BCUT2D eigenvalue weighted by atomic mass is 10.1. The molecule has 0 fully saturated rings. The van der Waals surface area contributed by atoms with Crippen molar-refractivity contribution in [2.45, 2.75) is 20.0 Å². The molecule has 0 saturated heterocycles. The monoisotopic (exact) mass is 371 g/mol. The van der Waals surface area contributed by atoms with Gasteiger partial charge in [0, 0.05) is 17.5 Å². The summed E-state index contributed by atoms with van der Waals surface area (Å²) >= 11 is 3.25. The largest absolute Gasteiger partial charge is 0.463 e. The molecule has 0 bridgehead atoms. The van der Waals surface area contributed by atoms with Crippen LogP contribution in [0.25, 0.3) is 6.08 Å².